The minimum Gasteiger partial charge on any atom is -0.354 e. The summed E-state index contributed by atoms with van der Waals surface area (Å²) in [5, 5.41) is 5.92. The van der Waals surface area contributed by atoms with Crippen molar-refractivity contribution >= 4 is 11.9 Å². The molecule has 0 spiro atoms. The number of nitrogens with one attached hydrogen (secondary N) is 2. The third kappa shape index (κ3) is 5.11. The van der Waals surface area contributed by atoms with Gasteiger partial charge in [-0.15, -0.1) is 0 Å². The summed E-state index contributed by atoms with van der Waals surface area (Å²) < 4.78 is 12.9. The fourth-order valence-corrected chi connectivity index (χ4v) is 2.41. The lowest BCUT2D eigenvalue weighted by Gasteiger charge is -2.08. The van der Waals surface area contributed by atoms with Gasteiger partial charge in [-0.3, -0.25) is 4.79 Å². The Hall–Kier alpha value is -3.28. The molecule has 3 rings (SSSR count). The number of carbonyl (C=O) groups is 1. The van der Waals surface area contributed by atoms with Crippen LogP contribution in [0.3, 0.4) is 0 Å². The van der Waals surface area contributed by atoms with Crippen molar-refractivity contribution in [2.75, 3.05) is 11.9 Å². The molecule has 5 nitrogen and oxygen atoms in total. The highest BCUT2D eigenvalue weighted by Crippen LogP contribution is 2.05. The summed E-state index contributed by atoms with van der Waals surface area (Å²) in [6, 6.07) is 17.6. The highest BCUT2D eigenvalue weighted by Gasteiger charge is 2.08. The van der Waals surface area contributed by atoms with Gasteiger partial charge in [0.05, 0.1) is 0 Å². The number of hydrogen-bond donors (Lipinski definition) is 2. The van der Waals surface area contributed by atoms with E-state index in [0.717, 1.165) is 11.1 Å². The van der Waals surface area contributed by atoms with Gasteiger partial charge in [-0.2, -0.15) is 0 Å². The normalized spacial score (nSPS) is 10.3. The summed E-state index contributed by atoms with van der Waals surface area (Å²) >= 11 is 0. The van der Waals surface area contributed by atoms with Gasteiger partial charge in [0.15, 0.2) is 0 Å². The first kappa shape index (κ1) is 17.5. The van der Waals surface area contributed by atoms with Crippen LogP contribution in [0.5, 0.6) is 0 Å². The number of rotatable bonds is 7. The van der Waals surface area contributed by atoms with Crippen molar-refractivity contribution in [1.29, 1.82) is 0 Å². The minimum absolute atomic E-state index is 0.251. The van der Waals surface area contributed by atoms with E-state index in [1.807, 2.05) is 30.3 Å². The van der Waals surface area contributed by atoms with Gasteiger partial charge in [0, 0.05) is 19.3 Å². The molecule has 2 N–H and O–H groups in total. The van der Waals surface area contributed by atoms with E-state index in [2.05, 4.69) is 20.6 Å². The van der Waals surface area contributed by atoms with Gasteiger partial charge in [-0.1, -0.05) is 42.5 Å². The number of benzene rings is 2. The topological polar surface area (TPSA) is 66.9 Å². The molecule has 1 heterocycles. The molecule has 1 amide bonds. The van der Waals surface area contributed by atoms with E-state index < -0.39 is 0 Å². The van der Waals surface area contributed by atoms with Crippen molar-refractivity contribution in [2.24, 2.45) is 0 Å². The molecular weight excluding hydrogens is 331 g/mol. The predicted molar refractivity (Wildman–Crippen MR) is 98.2 cm³/mol. The number of carbonyl (C=O) groups excluding carboxylic acids is 1. The number of amides is 1. The second kappa shape index (κ2) is 8.71. The van der Waals surface area contributed by atoms with Crippen molar-refractivity contribution < 1.29 is 9.18 Å². The largest absolute Gasteiger partial charge is 0.354 e. The molecule has 0 saturated heterocycles. The van der Waals surface area contributed by atoms with E-state index in [0.29, 0.717) is 31.2 Å². The second-order valence-corrected chi connectivity index (χ2v) is 5.74. The molecule has 0 fully saturated rings. The molecule has 3 aromatic rings. The zero-order valence-corrected chi connectivity index (χ0v) is 14.2. The lowest BCUT2D eigenvalue weighted by Crippen LogP contribution is -2.24. The maximum Gasteiger partial charge on any atom is 0.270 e. The maximum absolute atomic E-state index is 12.9. The molecule has 0 aliphatic rings. The smallest absolute Gasteiger partial charge is 0.270 e. The summed E-state index contributed by atoms with van der Waals surface area (Å²) in [6.07, 6.45) is 2.25. The molecule has 2 aromatic carbocycles. The molecule has 0 radical (unpaired) electrons. The van der Waals surface area contributed by atoms with Gasteiger partial charge >= 0.3 is 0 Å². The average Bonchev–Trinajstić information content (AvgIpc) is 2.69. The van der Waals surface area contributed by atoms with Crippen molar-refractivity contribution in [3.05, 3.63) is 89.5 Å². The Morgan fingerprint density at radius 2 is 1.73 bits per heavy atom. The number of nitrogens with zero attached hydrogens (tertiary/aromatic N) is 2. The van der Waals surface area contributed by atoms with Crippen LogP contribution in [0.2, 0.25) is 0 Å². The zero-order chi connectivity index (χ0) is 18.2. The van der Waals surface area contributed by atoms with Crippen LogP contribution in [-0.2, 0) is 13.0 Å². The second-order valence-electron chi connectivity index (χ2n) is 5.74. The van der Waals surface area contributed by atoms with Gasteiger partial charge in [0.1, 0.15) is 11.5 Å². The van der Waals surface area contributed by atoms with E-state index >= 15 is 0 Å². The van der Waals surface area contributed by atoms with E-state index in [-0.39, 0.29) is 11.7 Å². The SMILES string of the molecule is O=C(NCc1ccccc1)c1ccnc(NCCc2ccc(F)cc2)n1. The Kier molecular flexibility index (Phi) is 5.88. The first-order chi connectivity index (χ1) is 12.7. The number of hydrogen-bond acceptors (Lipinski definition) is 4. The third-order valence-electron chi connectivity index (χ3n) is 3.79. The Bertz CT molecular complexity index is 853. The number of halogens is 1. The zero-order valence-electron chi connectivity index (χ0n) is 14.2. The Morgan fingerprint density at radius 1 is 0.962 bits per heavy atom. The molecule has 132 valence electrons. The van der Waals surface area contributed by atoms with E-state index in [1.54, 1.807) is 24.4 Å². The Morgan fingerprint density at radius 3 is 2.50 bits per heavy atom. The van der Waals surface area contributed by atoms with Crippen LogP contribution in [0.1, 0.15) is 21.6 Å². The van der Waals surface area contributed by atoms with Gasteiger partial charge < -0.3 is 10.6 Å². The fraction of sp³-hybridized carbons (Fsp3) is 0.150. The fourth-order valence-electron chi connectivity index (χ4n) is 2.41. The lowest BCUT2D eigenvalue weighted by molar-refractivity contribution is 0.0946. The van der Waals surface area contributed by atoms with Crippen LogP contribution in [0, 0.1) is 5.82 Å². The van der Waals surface area contributed by atoms with Crippen LogP contribution in [0.25, 0.3) is 0 Å². The third-order valence-corrected chi connectivity index (χ3v) is 3.79. The van der Waals surface area contributed by atoms with E-state index in [1.165, 1.54) is 12.1 Å². The molecule has 0 saturated carbocycles. The number of anilines is 1. The molecular formula is C20H19FN4O. The van der Waals surface area contributed by atoms with Crippen molar-refractivity contribution in [3.8, 4) is 0 Å². The van der Waals surface area contributed by atoms with Crippen LogP contribution in [-0.4, -0.2) is 22.4 Å². The summed E-state index contributed by atoms with van der Waals surface area (Å²) in [6.45, 7) is 1.03. The summed E-state index contributed by atoms with van der Waals surface area (Å²) in [7, 11) is 0. The van der Waals surface area contributed by atoms with Gasteiger partial charge in [-0.05, 0) is 35.7 Å². The molecule has 6 heteroatoms. The summed E-state index contributed by atoms with van der Waals surface area (Å²) in [4.78, 5) is 20.6. The molecule has 0 bridgehead atoms. The average molecular weight is 350 g/mol. The van der Waals surface area contributed by atoms with Crippen molar-refractivity contribution in [3.63, 3.8) is 0 Å². The molecule has 0 atom stereocenters. The summed E-state index contributed by atoms with van der Waals surface area (Å²) in [5.74, 6) is -0.114. The van der Waals surface area contributed by atoms with Gasteiger partial charge in [0.25, 0.3) is 5.91 Å². The summed E-state index contributed by atoms with van der Waals surface area (Å²) in [5.41, 5.74) is 2.34. The molecule has 0 aliphatic heterocycles. The molecule has 0 unspecified atom stereocenters. The first-order valence-corrected chi connectivity index (χ1v) is 8.34. The highest BCUT2D eigenvalue weighted by atomic mass is 19.1. The van der Waals surface area contributed by atoms with Crippen LogP contribution in [0.4, 0.5) is 10.3 Å². The maximum atomic E-state index is 12.9. The van der Waals surface area contributed by atoms with Crippen LogP contribution < -0.4 is 10.6 Å². The quantitative estimate of drug-likeness (QED) is 0.687. The van der Waals surface area contributed by atoms with E-state index in [9.17, 15) is 9.18 Å². The predicted octanol–water partition coefficient (Wildman–Crippen LogP) is 3.20. The highest BCUT2D eigenvalue weighted by molar-refractivity contribution is 5.92. The van der Waals surface area contributed by atoms with Gasteiger partial charge in [-0.25, -0.2) is 14.4 Å². The standard InChI is InChI=1S/C20H19FN4O/c21-17-8-6-15(7-9-17)10-12-22-20-23-13-11-18(25-20)19(26)24-14-16-4-2-1-3-5-16/h1-9,11,13H,10,12,14H2,(H,24,26)(H,22,23,25). The van der Waals surface area contributed by atoms with Gasteiger partial charge in [0.2, 0.25) is 5.95 Å². The Balaban J connectivity index is 1.52. The monoisotopic (exact) mass is 350 g/mol. The van der Waals surface area contributed by atoms with Crippen LogP contribution >= 0.6 is 0 Å². The van der Waals surface area contributed by atoms with Crippen LogP contribution in [0.15, 0.2) is 66.9 Å². The molecule has 26 heavy (non-hydrogen) atoms. The molecule has 1 aromatic heterocycles. The van der Waals surface area contributed by atoms with Crippen molar-refractivity contribution in [1.82, 2.24) is 15.3 Å². The number of aromatic nitrogens is 2. The van der Waals surface area contributed by atoms with Crippen molar-refractivity contribution in [2.45, 2.75) is 13.0 Å². The first-order valence-electron chi connectivity index (χ1n) is 8.34. The molecule has 0 aliphatic carbocycles. The minimum atomic E-state index is -0.252. The van der Waals surface area contributed by atoms with E-state index in [4.69, 9.17) is 0 Å². The Labute approximate surface area is 151 Å². The lowest BCUT2D eigenvalue weighted by atomic mass is 10.1.